The lowest BCUT2D eigenvalue weighted by atomic mass is 9.94. The molecule has 3 rings (SSSR count). The highest BCUT2D eigenvalue weighted by Crippen LogP contribution is 2.31. The van der Waals surface area contributed by atoms with Gasteiger partial charge in [0, 0.05) is 18.8 Å². The van der Waals surface area contributed by atoms with Crippen LogP contribution in [0.1, 0.15) is 39.8 Å². The van der Waals surface area contributed by atoms with Gasteiger partial charge in [-0.15, -0.1) is 11.3 Å². The summed E-state index contributed by atoms with van der Waals surface area (Å²) in [5.41, 5.74) is 1.76. The molecule has 2 N–H and O–H groups in total. The Morgan fingerprint density at radius 1 is 1.55 bits per heavy atom. The second-order valence-corrected chi connectivity index (χ2v) is 7.79. The van der Waals surface area contributed by atoms with Crippen LogP contribution in [0.4, 0.5) is 0 Å². The van der Waals surface area contributed by atoms with Gasteiger partial charge in [0.25, 0.3) is 0 Å². The molecule has 0 spiro atoms. The molecule has 7 nitrogen and oxygen atoms in total. The maximum Gasteiger partial charge on any atom is 0.347 e. The second-order valence-electron chi connectivity index (χ2n) is 5.19. The number of aryl methyl sites for hydroxylation is 2. The highest BCUT2D eigenvalue weighted by Gasteiger charge is 2.30. The van der Waals surface area contributed by atoms with Crippen molar-refractivity contribution in [3.05, 3.63) is 33.8 Å². The van der Waals surface area contributed by atoms with Crippen LogP contribution in [-0.2, 0) is 23.5 Å². The summed E-state index contributed by atoms with van der Waals surface area (Å²) in [6.45, 7) is 0. The normalized spacial score (nSPS) is 18.1. The maximum absolute atomic E-state index is 12.5. The highest BCUT2D eigenvalue weighted by molar-refractivity contribution is 7.89. The van der Waals surface area contributed by atoms with E-state index >= 15 is 0 Å². The standard InChI is InChI=1S/C13H15N3O4S2/c1-16-7-8-9(14-16)3-2-4-10(8)15-22(19,20)11-5-6-21-12(11)13(17)18/h5-7,10,15H,2-4H2,1H3,(H,17,18). The lowest BCUT2D eigenvalue weighted by molar-refractivity contribution is 0.0698. The van der Waals surface area contributed by atoms with Crippen molar-refractivity contribution < 1.29 is 18.3 Å². The zero-order chi connectivity index (χ0) is 15.9. The van der Waals surface area contributed by atoms with Crippen LogP contribution in [0.3, 0.4) is 0 Å². The third-order valence-corrected chi connectivity index (χ3v) is 6.18. The number of hydrogen-bond acceptors (Lipinski definition) is 5. The van der Waals surface area contributed by atoms with E-state index in [4.69, 9.17) is 5.11 Å². The SMILES string of the molecule is Cn1cc2c(n1)CCCC2NS(=O)(=O)c1ccsc1C(=O)O. The van der Waals surface area contributed by atoms with Gasteiger partial charge in [-0.25, -0.2) is 17.9 Å². The van der Waals surface area contributed by atoms with Crippen LogP contribution in [0, 0.1) is 0 Å². The Balaban J connectivity index is 1.93. The number of rotatable bonds is 4. The van der Waals surface area contributed by atoms with Gasteiger partial charge in [-0.3, -0.25) is 4.68 Å². The van der Waals surface area contributed by atoms with Crippen molar-refractivity contribution in [2.24, 2.45) is 7.05 Å². The third kappa shape index (κ3) is 2.67. The number of hydrogen-bond donors (Lipinski definition) is 2. The summed E-state index contributed by atoms with van der Waals surface area (Å²) in [5, 5.41) is 14.9. The number of carboxylic acid groups (broad SMARTS) is 1. The first-order valence-electron chi connectivity index (χ1n) is 6.74. The molecule has 118 valence electrons. The molecule has 1 aliphatic rings. The molecule has 2 heterocycles. The van der Waals surface area contributed by atoms with Crippen LogP contribution in [0.2, 0.25) is 0 Å². The van der Waals surface area contributed by atoms with E-state index in [1.54, 1.807) is 11.7 Å². The van der Waals surface area contributed by atoms with Gasteiger partial charge in [0.05, 0.1) is 11.7 Å². The lowest BCUT2D eigenvalue weighted by Crippen LogP contribution is -2.31. The summed E-state index contributed by atoms with van der Waals surface area (Å²) in [6, 6.07) is 0.952. The predicted octanol–water partition coefficient (Wildman–Crippen LogP) is 1.54. The molecule has 0 saturated carbocycles. The minimum absolute atomic E-state index is 0.172. The first-order valence-corrected chi connectivity index (χ1v) is 9.10. The Bertz CT molecular complexity index is 822. The summed E-state index contributed by atoms with van der Waals surface area (Å²) in [6.07, 6.45) is 4.15. The van der Waals surface area contributed by atoms with Crippen LogP contribution in [-0.4, -0.2) is 29.3 Å². The van der Waals surface area contributed by atoms with Crippen LogP contribution in [0.15, 0.2) is 22.5 Å². The van der Waals surface area contributed by atoms with Crippen molar-refractivity contribution in [2.75, 3.05) is 0 Å². The summed E-state index contributed by atoms with van der Waals surface area (Å²) in [7, 11) is -2.09. The fourth-order valence-corrected chi connectivity index (χ4v) is 5.22. The summed E-state index contributed by atoms with van der Waals surface area (Å²) in [5.74, 6) is -1.24. The Kier molecular flexibility index (Phi) is 3.79. The molecule has 1 unspecified atom stereocenters. The Morgan fingerprint density at radius 2 is 2.32 bits per heavy atom. The molecule has 0 fully saturated rings. The van der Waals surface area contributed by atoms with Gasteiger partial charge in [0.1, 0.15) is 9.77 Å². The number of aromatic nitrogens is 2. The Labute approximate surface area is 131 Å². The van der Waals surface area contributed by atoms with E-state index in [0.717, 1.165) is 35.4 Å². The molecule has 0 aliphatic heterocycles. The van der Waals surface area contributed by atoms with Crippen LogP contribution in [0.25, 0.3) is 0 Å². The zero-order valence-electron chi connectivity index (χ0n) is 11.8. The second kappa shape index (κ2) is 5.49. The first kappa shape index (κ1) is 15.2. The van der Waals surface area contributed by atoms with Crippen molar-refractivity contribution >= 4 is 27.3 Å². The maximum atomic E-state index is 12.5. The smallest absolute Gasteiger partial charge is 0.347 e. The van der Waals surface area contributed by atoms with E-state index in [1.807, 2.05) is 6.20 Å². The van der Waals surface area contributed by atoms with Gasteiger partial charge < -0.3 is 5.11 Å². The van der Waals surface area contributed by atoms with Crippen molar-refractivity contribution in [3.63, 3.8) is 0 Å². The first-order chi connectivity index (χ1) is 10.4. The van der Waals surface area contributed by atoms with E-state index in [-0.39, 0.29) is 15.8 Å². The molecule has 0 radical (unpaired) electrons. The number of nitrogens with zero attached hydrogens (tertiary/aromatic N) is 2. The number of carboxylic acids is 1. The number of carbonyl (C=O) groups is 1. The van der Waals surface area contributed by atoms with Crippen molar-refractivity contribution in [3.8, 4) is 0 Å². The number of aromatic carboxylic acids is 1. The zero-order valence-corrected chi connectivity index (χ0v) is 13.4. The Hall–Kier alpha value is -1.71. The topological polar surface area (TPSA) is 101 Å². The molecule has 0 saturated heterocycles. The van der Waals surface area contributed by atoms with Crippen LogP contribution >= 0.6 is 11.3 Å². The molecule has 1 aliphatic carbocycles. The van der Waals surface area contributed by atoms with E-state index in [1.165, 1.54) is 11.4 Å². The van der Waals surface area contributed by atoms with Crippen molar-refractivity contribution in [1.82, 2.24) is 14.5 Å². The molecule has 0 bridgehead atoms. The number of thiophene rings is 1. The molecular weight excluding hydrogens is 326 g/mol. The average molecular weight is 341 g/mol. The van der Waals surface area contributed by atoms with E-state index < -0.39 is 16.0 Å². The molecule has 1 atom stereocenters. The van der Waals surface area contributed by atoms with E-state index in [9.17, 15) is 13.2 Å². The predicted molar refractivity (Wildman–Crippen MR) is 80.5 cm³/mol. The van der Waals surface area contributed by atoms with Gasteiger partial charge in [-0.1, -0.05) is 0 Å². The number of fused-ring (bicyclic) bond motifs is 1. The molecule has 0 amide bonds. The van der Waals surface area contributed by atoms with Gasteiger partial charge >= 0.3 is 5.97 Å². The lowest BCUT2D eigenvalue weighted by Gasteiger charge is -2.22. The van der Waals surface area contributed by atoms with E-state index in [2.05, 4.69) is 9.82 Å². The molecule has 22 heavy (non-hydrogen) atoms. The van der Waals surface area contributed by atoms with Crippen molar-refractivity contribution in [1.29, 1.82) is 0 Å². The molecule has 2 aromatic heterocycles. The summed E-state index contributed by atoms with van der Waals surface area (Å²) >= 11 is 0.901. The Morgan fingerprint density at radius 3 is 3.05 bits per heavy atom. The van der Waals surface area contributed by atoms with Gasteiger partial charge in [-0.05, 0) is 30.7 Å². The van der Waals surface area contributed by atoms with Crippen molar-refractivity contribution in [2.45, 2.75) is 30.2 Å². The number of nitrogens with one attached hydrogen (secondary N) is 1. The van der Waals surface area contributed by atoms with E-state index in [0.29, 0.717) is 6.42 Å². The fourth-order valence-electron chi connectivity index (χ4n) is 2.71. The van der Waals surface area contributed by atoms with Gasteiger partial charge in [0.15, 0.2) is 0 Å². The average Bonchev–Trinajstić information content (AvgIpc) is 3.04. The van der Waals surface area contributed by atoms with Gasteiger partial charge in [0.2, 0.25) is 10.0 Å². The minimum atomic E-state index is -3.88. The fraction of sp³-hybridized carbons (Fsp3) is 0.385. The van der Waals surface area contributed by atoms with Crippen LogP contribution < -0.4 is 4.72 Å². The quantitative estimate of drug-likeness (QED) is 0.878. The number of sulfonamides is 1. The largest absolute Gasteiger partial charge is 0.477 e. The summed E-state index contributed by atoms with van der Waals surface area (Å²) < 4.78 is 29.3. The monoisotopic (exact) mass is 341 g/mol. The minimum Gasteiger partial charge on any atom is -0.477 e. The third-order valence-electron chi connectivity index (χ3n) is 3.63. The van der Waals surface area contributed by atoms with Crippen LogP contribution in [0.5, 0.6) is 0 Å². The molecule has 9 heteroatoms. The molecule has 0 aromatic carbocycles. The summed E-state index contributed by atoms with van der Waals surface area (Å²) in [4.78, 5) is 10.8. The highest BCUT2D eigenvalue weighted by atomic mass is 32.2. The van der Waals surface area contributed by atoms with Gasteiger partial charge in [-0.2, -0.15) is 5.10 Å². The molecule has 2 aromatic rings. The molecular formula is C13H15N3O4S2.